The highest BCUT2D eigenvalue weighted by atomic mass is 32.1. The van der Waals surface area contributed by atoms with Crippen LogP contribution in [0.3, 0.4) is 0 Å². The minimum absolute atomic E-state index is 0.682. The minimum atomic E-state index is 0.682. The number of aryl methyl sites for hydroxylation is 3. The molecule has 0 spiro atoms. The van der Waals surface area contributed by atoms with Gasteiger partial charge in [-0.3, -0.25) is 0 Å². The zero-order valence-electron chi connectivity index (χ0n) is 14.6. The number of rotatable bonds is 5. The number of nitrogens with one attached hydrogen (secondary N) is 1. The summed E-state index contributed by atoms with van der Waals surface area (Å²) in [5.74, 6) is 3.06. The fourth-order valence-electron chi connectivity index (χ4n) is 2.59. The molecule has 2 heterocycles. The Hall–Kier alpha value is -2.34. The Morgan fingerprint density at radius 3 is 2.50 bits per heavy atom. The van der Waals surface area contributed by atoms with Gasteiger partial charge >= 0.3 is 0 Å². The van der Waals surface area contributed by atoms with E-state index in [9.17, 15) is 0 Å². The molecule has 3 rings (SSSR count). The highest BCUT2D eigenvalue weighted by Crippen LogP contribution is 2.36. The van der Waals surface area contributed by atoms with Crippen LogP contribution in [-0.4, -0.2) is 24.2 Å². The molecule has 0 aliphatic heterocycles. The average Bonchev–Trinajstić information content (AvgIpc) is 2.89. The molecule has 0 amide bonds. The Bertz CT molecular complexity index is 890. The van der Waals surface area contributed by atoms with Crippen LogP contribution in [0.5, 0.6) is 11.5 Å². The summed E-state index contributed by atoms with van der Waals surface area (Å²) in [6, 6.07) is 5.74. The highest BCUT2D eigenvalue weighted by Gasteiger charge is 2.15. The normalized spacial score (nSPS) is 10.9. The summed E-state index contributed by atoms with van der Waals surface area (Å²) in [7, 11) is 3.26. The Morgan fingerprint density at radius 2 is 1.83 bits per heavy atom. The van der Waals surface area contributed by atoms with Gasteiger partial charge in [0, 0.05) is 23.1 Å². The fraction of sp³-hybridized carbons (Fsp3) is 0.333. The van der Waals surface area contributed by atoms with E-state index in [1.165, 1.54) is 10.4 Å². The van der Waals surface area contributed by atoms with Crippen molar-refractivity contribution in [2.45, 2.75) is 27.2 Å². The van der Waals surface area contributed by atoms with Crippen molar-refractivity contribution in [1.82, 2.24) is 9.97 Å². The summed E-state index contributed by atoms with van der Waals surface area (Å²) < 4.78 is 10.7. The molecular weight excluding hydrogens is 322 g/mol. The molecule has 1 aromatic carbocycles. The van der Waals surface area contributed by atoms with Gasteiger partial charge in [-0.1, -0.05) is 6.92 Å². The maximum Gasteiger partial charge on any atom is 0.162 e. The van der Waals surface area contributed by atoms with Crippen LogP contribution in [0, 0.1) is 13.8 Å². The lowest BCUT2D eigenvalue weighted by atomic mass is 10.2. The first-order valence-electron chi connectivity index (χ1n) is 7.83. The van der Waals surface area contributed by atoms with E-state index in [0.717, 1.165) is 34.0 Å². The molecule has 0 bridgehead atoms. The van der Waals surface area contributed by atoms with Crippen molar-refractivity contribution >= 4 is 33.1 Å². The number of fused-ring (bicyclic) bond motifs is 1. The topological polar surface area (TPSA) is 56.3 Å². The molecule has 24 heavy (non-hydrogen) atoms. The van der Waals surface area contributed by atoms with Gasteiger partial charge in [-0.2, -0.15) is 0 Å². The maximum absolute atomic E-state index is 5.38. The Labute approximate surface area is 145 Å². The predicted molar refractivity (Wildman–Crippen MR) is 99.1 cm³/mol. The number of hydrogen-bond donors (Lipinski definition) is 1. The van der Waals surface area contributed by atoms with Crippen molar-refractivity contribution in [3.05, 3.63) is 34.5 Å². The van der Waals surface area contributed by atoms with Crippen molar-refractivity contribution in [2.24, 2.45) is 0 Å². The zero-order valence-corrected chi connectivity index (χ0v) is 15.4. The lowest BCUT2D eigenvalue weighted by molar-refractivity contribution is 0.355. The molecule has 1 N–H and O–H groups in total. The molecule has 126 valence electrons. The fourth-order valence-corrected chi connectivity index (χ4v) is 3.64. The van der Waals surface area contributed by atoms with E-state index in [2.05, 4.69) is 31.1 Å². The molecule has 6 heteroatoms. The van der Waals surface area contributed by atoms with Gasteiger partial charge in [-0.05, 0) is 31.5 Å². The second-order valence-corrected chi connectivity index (χ2v) is 6.70. The Kier molecular flexibility index (Phi) is 4.57. The molecule has 0 saturated carbocycles. The first-order chi connectivity index (χ1) is 11.6. The van der Waals surface area contributed by atoms with Crippen LogP contribution >= 0.6 is 11.3 Å². The molecule has 2 aromatic heterocycles. The SMILES string of the molecule is CCc1nc(Nc2ccc(OC)c(OC)c2)c2c(C)c(C)sc2n1. The van der Waals surface area contributed by atoms with Crippen LogP contribution < -0.4 is 14.8 Å². The highest BCUT2D eigenvalue weighted by molar-refractivity contribution is 7.18. The van der Waals surface area contributed by atoms with Gasteiger partial charge in [0.2, 0.25) is 0 Å². The summed E-state index contributed by atoms with van der Waals surface area (Å²) in [4.78, 5) is 11.7. The van der Waals surface area contributed by atoms with Crippen LogP contribution in [0.4, 0.5) is 11.5 Å². The molecule has 0 atom stereocenters. The minimum Gasteiger partial charge on any atom is -0.493 e. The molecule has 0 aliphatic rings. The van der Waals surface area contributed by atoms with E-state index >= 15 is 0 Å². The molecule has 0 radical (unpaired) electrons. The third-order valence-corrected chi connectivity index (χ3v) is 5.14. The van der Waals surface area contributed by atoms with Crippen LogP contribution in [-0.2, 0) is 6.42 Å². The van der Waals surface area contributed by atoms with Gasteiger partial charge < -0.3 is 14.8 Å². The smallest absolute Gasteiger partial charge is 0.162 e. The number of nitrogens with zero attached hydrogens (tertiary/aromatic N) is 2. The largest absolute Gasteiger partial charge is 0.493 e. The van der Waals surface area contributed by atoms with Crippen LogP contribution in [0.1, 0.15) is 23.2 Å². The van der Waals surface area contributed by atoms with E-state index in [1.807, 2.05) is 18.2 Å². The van der Waals surface area contributed by atoms with Gasteiger partial charge in [-0.25, -0.2) is 9.97 Å². The third-order valence-electron chi connectivity index (χ3n) is 4.04. The number of ether oxygens (including phenoxy) is 2. The molecule has 0 aliphatic carbocycles. The second kappa shape index (κ2) is 6.65. The first-order valence-corrected chi connectivity index (χ1v) is 8.64. The molecule has 3 aromatic rings. The number of methoxy groups -OCH3 is 2. The van der Waals surface area contributed by atoms with E-state index in [4.69, 9.17) is 14.5 Å². The standard InChI is InChI=1S/C18H21N3O2S/c1-6-15-20-17(16-10(2)11(3)24-18(16)21-15)19-12-7-8-13(22-4)14(9-12)23-5/h7-9H,6H2,1-5H3,(H,19,20,21). The van der Waals surface area contributed by atoms with Gasteiger partial charge in [0.05, 0.1) is 19.6 Å². The Balaban J connectivity index is 2.09. The van der Waals surface area contributed by atoms with Crippen LogP contribution in [0.25, 0.3) is 10.2 Å². The lowest BCUT2D eigenvalue weighted by Gasteiger charge is -2.12. The maximum atomic E-state index is 5.38. The number of anilines is 2. The molecule has 0 fully saturated rings. The summed E-state index contributed by atoms with van der Waals surface area (Å²) in [6.07, 6.45) is 0.798. The summed E-state index contributed by atoms with van der Waals surface area (Å²) >= 11 is 1.71. The third kappa shape index (κ3) is 2.89. The number of hydrogen-bond acceptors (Lipinski definition) is 6. The van der Waals surface area contributed by atoms with Crippen molar-refractivity contribution < 1.29 is 9.47 Å². The van der Waals surface area contributed by atoms with Crippen molar-refractivity contribution in [1.29, 1.82) is 0 Å². The second-order valence-electron chi connectivity index (χ2n) is 5.50. The van der Waals surface area contributed by atoms with E-state index < -0.39 is 0 Å². The molecule has 5 nitrogen and oxygen atoms in total. The summed E-state index contributed by atoms with van der Waals surface area (Å²) in [5.41, 5.74) is 2.12. The Morgan fingerprint density at radius 1 is 1.08 bits per heavy atom. The average molecular weight is 343 g/mol. The molecule has 0 unspecified atom stereocenters. The van der Waals surface area contributed by atoms with Crippen LogP contribution in [0.15, 0.2) is 18.2 Å². The van der Waals surface area contributed by atoms with E-state index in [1.54, 1.807) is 25.6 Å². The summed E-state index contributed by atoms with van der Waals surface area (Å²) in [6.45, 7) is 6.30. The monoisotopic (exact) mass is 343 g/mol. The van der Waals surface area contributed by atoms with Crippen molar-refractivity contribution in [2.75, 3.05) is 19.5 Å². The van der Waals surface area contributed by atoms with Crippen molar-refractivity contribution in [3.63, 3.8) is 0 Å². The van der Waals surface area contributed by atoms with E-state index in [-0.39, 0.29) is 0 Å². The lowest BCUT2D eigenvalue weighted by Crippen LogP contribution is -2.01. The zero-order chi connectivity index (χ0) is 17.3. The van der Waals surface area contributed by atoms with Gasteiger partial charge in [0.15, 0.2) is 11.5 Å². The van der Waals surface area contributed by atoms with Crippen molar-refractivity contribution in [3.8, 4) is 11.5 Å². The quantitative estimate of drug-likeness (QED) is 0.732. The van der Waals surface area contributed by atoms with Gasteiger partial charge in [0.1, 0.15) is 16.5 Å². The summed E-state index contributed by atoms with van der Waals surface area (Å²) in [5, 5.41) is 4.51. The molecular formula is C18H21N3O2S. The predicted octanol–water partition coefficient (Wildman–Crippen LogP) is 4.63. The number of thiophene rings is 1. The van der Waals surface area contributed by atoms with Gasteiger partial charge in [0.25, 0.3) is 0 Å². The molecule has 0 saturated heterocycles. The number of aromatic nitrogens is 2. The number of benzene rings is 1. The van der Waals surface area contributed by atoms with Crippen LogP contribution in [0.2, 0.25) is 0 Å². The van der Waals surface area contributed by atoms with E-state index in [0.29, 0.717) is 11.5 Å². The van der Waals surface area contributed by atoms with Gasteiger partial charge in [-0.15, -0.1) is 11.3 Å². The first kappa shape index (κ1) is 16.5.